The molecule has 2 aromatic rings. The van der Waals surface area contributed by atoms with Gasteiger partial charge in [0.15, 0.2) is 0 Å². The molecule has 1 fully saturated rings. The van der Waals surface area contributed by atoms with Gasteiger partial charge < -0.3 is 9.64 Å². The molecule has 0 spiro atoms. The van der Waals surface area contributed by atoms with Gasteiger partial charge in [0.1, 0.15) is 5.82 Å². The summed E-state index contributed by atoms with van der Waals surface area (Å²) in [4.78, 5) is 24.2. The number of carbonyl (C=O) groups is 1. The molecule has 1 atom stereocenters. The molecular formula is C23H31N3O2. The molecule has 1 aromatic heterocycles. The quantitative estimate of drug-likeness (QED) is 0.746. The van der Waals surface area contributed by atoms with Crippen molar-refractivity contribution in [2.75, 3.05) is 19.7 Å². The lowest BCUT2D eigenvalue weighted by Crippen LogP contribution is -2.43. The standard InChI is InChI=1S/C23H31N3O2/c1-5-13-28-20-11-8-12-26(15-20)23(27)19-10-7-9-18(14-19)22-21(6-2)16(3)24-17(4)25-22/h7,9-10,14,20H,5-6,8,11-13,15H2,1-4H3/t20-/m1/s1. The van der Waals surface area contributed by atoms with E-state index < -0.39 is 0 Å². The zero-order valence-corrected chi connectivity index (χ0v) is 17.5. The zero-order valence-electron chi connectivity index (χ0n) is 17.5. The molecule has 5 nitrogen and oxygen atoms in total. The molecule has 0 radical (unpaired) electrons. The Balaban J connectivity index is 1.85. The molecule has 0 N–H and O–H groups in total. The predicted molar refractivity (Wildman–Crippen MR) is 111 cm³/mol. The van der Waals surface area contributed by atoms with E-state index in [1.54, 1.807) is 0 Å². The lowest BCUT2D eigenvalue weighted by atomic mass is 9.99. The van der Waals surface area contributed by atoms with Crippen molar-refractivity contribution >= 4 is 5.91 Å². The van der Waals surface area contributed by atoms with Gasteiger partial charge in [0, 0.05) is 36.5 Å². The second-order valence-corrected chi connectivity index (χ2v) is 7.50. The number of amides is 1. The molecule has 2 heterocycles. The summed E-state index contributed by atoms with van der Waals surface area (Å²) in [5, 5.41) is 0. The van der Waals surface area contributed by atoms with E-state index in [-0.39, 0.29) is 12.0 Å². The summed E-state index contributed by atoms with van der Waals surface area (Å²) in [5.41, 5.74) is 4.77. The monoisotopic (exact) mass is 381 g/mol. The number of hydrogen-bond acceptors (Lipinski definition) is 4. The third-order valence-electron chi connectivity index (χ3n) is 5.29. The predicted octanol–water partition coefficient (Wildman–Crippen LogP) is 4.35. The molecule has 1 amide bonds. The third-order valence-corrected chi connectivity index (χ3v) is 5.29. The molecule has 1 aromatic carbocycles. The number of benzene rings is 1. The van der Waals surface area contributed by atoms with Crippen LogP contribution in [0.1, 0.15) is 60.5 Å². The molecule has 0 aliphatic carbocycles. The molecule has 0 unspecified atom stereocenters. The van der Waals surface area contributed by atoms with Gasteiger partial charge >= 0.3 is 0 Å². The number of piperidine rings is 1. The summed E-state index contributed by atoms with van der Waals surface area (Å²) in [6.07, 6.45) is 4.04. The number of aromatic nitrogens is 2. The average molecular weight is 382 g/mol. The highest BCUT2D eigenvalue weighted by Gasteiger charge is 2.25. The van der Waals surface area contributed by atoms with Crippen molar-refractivity contribution in [3.8, 4) is 11.3 Å². The van der Waals surface area contributed by atoms with Crippen LogP contribution in [0, 0.1) is 13.8 Å². The highest BCUT2D eigenvalue weighted by molar-refractivity contribution is 5.95. The van der Waals surface area contributed by atoms with E-state index in [1.807, 2.05) is 43.0 Å². The van der Waals surface area contributed by atoms with Gasteiger partial charge in [0.05, 0.1) is 11.8 Å². The Bertz CT molecular complexity index is 835. The van der Waals surface area contributed by atoms with E-state index in [0.717, 1.165) is 67.2 Å². The normalized spacial score (nSPS) is 17.0. The van der Waals surface area contributed by atoms with E-state index in [2.05, 4.69) is 23.8 Å². The van der Waals surface area contributed by atoms with Crippen molar-refractivity contribution in [1.29, 1.82) is 0 Å². The van der Waals surface area contributed by atoms with Crippen molar-refractivity contribution in [2.45, 2.75) is 59.5 Å². The van der Waals surface area contributed by atoms with E-state index in [4.69, 9.17) is 4.74 Å². The van der Waals surface area contributed by atoms with Crippen LogP contribution in [0.15, 0.2) is 24.3 Å². The third kappa shape index (κ3) is 4.58. The van der Waals surface area contributed by atoms with Crippen molar-refractivity contribution in [3.63, 3.8) is 0 Å². The van der Waals surface area contributed by atoms with E-state index in [0.29, 0.717) is 12.1 Å². The first-order valence-corrected chi connectivity index (χ1v) is 10.4. The lowest BCUT2D eigenvalue weighted by Gasteiger charge is -2.32. The van der Waals surface area contributed by atoms with Crippen molar-refractivity contribution in [2.24, 2.45) is 0 Å². The van der Waals surface area contributed by atoms with Crippen LogP contribution in [-0.4, -0.2) is 46.6 Å². The van der Waals surface area contributed by atoms with Crippen LogP contribution in [0.3, 0.4) is 0 Å². The molecule has 3 rings (SSSR count). The molecule has 150 valence electrons. The number of rotatable bonds is 6. The fraction of sp³-hybridized carbons (Fsp3) is 0.522. The maximum Gasteiger partial charge on any atom is 0.253 e. The molecular weight excluding hydrogens is 350 g/mol. The highest BCUT2D eigenvalue weighted by atomic mass is 16.5. The Kier molecular flexibility index (Phi) is 6.79. The first-order chi connectivity index (χ1) is 13.5. The van der Waals surface area contributed by atoms with E-state index >= 15 is 0 Å². The van der Waals surface area contributed by atoms with Crippen molar-refractivity contribution in [3.05, 3.63) is 46.9 Å². The summed E-state index contributed by atoms with van der Waals surface area (Å²) in [7, 11) is 0. The smallest absolute Gasteiger partial charge is 0.253 e. The SMILES string of the molecule is CCCO[C@@H]1CCCN(C(=O)c2cccc(-c3nc(C)nc(C)c3CC)c2)C1. The van der Waals surface area contributed by atoms with Gasteiger partial charge in [-0.25, -0.2) is 9.97 Å². The minimum absolute atomic E-state index is 0.0761. The minimum atomic E-state index is 0.0761. The Labute approximate surface area is 168 Å². The van der Waals surface area contributed by atoms with Crippen LogP contribution >= 0.6 is 0 Å². The number of likely N-dealkylation sites (tertiary alicyclic amines) is 1. The number of ether oxygens (including phenoxy) is 1. The molecule has 5 heteroatoms. The molecule has 0 bridgehead atoms. The van der Waals surface area contributed by atoms with Gasteiger partial charge in [-0.15, -0.1) is 0 Å². The largest absolute Gasteiger partial charge is 0.376 e. The van der Waals surface area contributed by atoms with Crippen LogP contribution < -0.4 is 0 Å². The highest BCUT2D eigenvalue weighted by Crippen LogP contribution is 2.26. The van der Waals surface area contributed by atoms with Gasteiger partial charge in [0.2, 0.25) is 0 Å². The molecule has 0 saturated carbocycles. The first-order valence-electron chi connectivity index (χ1n) is 10.4. The Morgan fingerprint density at radius 1 is 1.25 bits per heavy atom. The number of carbonyl (C=O) groups excluding carboxylic acids is 1. The van der Waals surface area contributed by atoms with Gasteiger partial charge in [-0.05, 0) is 57.2 Å². The maximum absolute atomic E-state index is 13.1. The maximum atomic E-state index is 13.1. The Hall–Kier alpha value is -2.27. The fourth-order valence-electron chi connectivity index (χ4n) is 3.92. The van der Waals surface area contributed by atoms with Gasteiger partial charge in [-0.2, -0.15) is 0 Å². The number of nitrogens with zero attached hydrogens (tertiary/aromatic N) is 3. The summed E-state index contributed by atoms with van der Waals surface area (Å²) in [5.74, 6) is 0.834. The van der Waals surface area contributed by atoms with Crippen LogP contribution in [0.25, 0.3) is 11.3 Å². The second-order valence-electron chi connectivity index (χ2n) is 7.50. The summed E-state index contributed by atoms with van der Waals surface area (Å²) < 4.78 is 5.89. The van der Waals surface area contributed by atoms with Crippen LogP contribution in [0.2, 0.25) is 0 Å². The first kappa shape index (κ1) is 20.5. The van der Waals surface area contributed by atoms with Crippen LogP contribution in [-0.2, 0) is 11.2 Å². The minimum Gasteiger partial charge on any atom is -0.376 e. The molecule has 1 aliphatic heterocycles. The van der Waals surface area contributed by atoms with E-state index in [9.17, 15) is 4.79 Å². The summed E-state index contributed by atoms with van der Waals surface area (Å²) in [6, 6.07) is 7.85. The molecule has 1 saturated heterocycles. The van der Waals surface area contributed by atoms with Crippen molar-refractivity contribution < 1.29 is 9.53 Å². The number of hydrogen-bond donors (Lipinski definition) is 0. The van der Waals surface area contributed by atoms with Crippen LogP contribution in [0.4, 0.5) is 0 Å². The van der Waals surface area contributed by atoms with Gasteiger partial charge in [-0.3, -0.25) is 4.79 Å². The van der Waals surface area contributed by atoms with Gasteiger partial charge in [-0.1, -0.05) is 26.0 Å². The Morgan fingerprint density at radius 2 is 2.07 bits per heavy atom. The van der Waals surface area contributed by atoms with E-state index in [1.165, 1.54) is 0 Å². The summed E-state index contributed by atoms with van der Waals surface area (Å²) in [6.45, 7) is 10.4. The summed E-state index contributed by atoms with van der Waals surface area (Å²) >= 11 is 0. The lowest BCUT2D eigenvalue weighted by molar-refractivity contribution is 0.00211. The number of aryl methyl sites for hydroxylation is 2. The van der Waals surface area contributed by atoms with Crippen LogP contribution in [0.5, 0.6) is 0 Å². The average Bonchev–Trinajstić information content (AvgIpc) is 2.71. The fourth-order valence-corrected chi connectivity index (χ4v) is 3.92. The Morgan fingerprint density at radius 3 is 2.82 bits per heavy atom. The topological polar surface area (TPSA) is 55.3 Å². The second kappa shape index (κ2) is 9.28. The van der Waals surface area contributed by atoms with Crippen molar-refractivity contribution in [1.82, 2.24) is 14.9 Å². The zero-order chi connectivity index (χ0) is 20.1. The molecule has 28 heavy (non-hydrogen) atoms. The van der Waals surface area contributed by atoms with Gasteiger partial charge in [0.25, 0.3) is 5.91 Å². The molecule has 1 aliphatic rings.